The molecule has 0 atom stereocenters. The molecule has 140 valence electrons. The number of rotatable bonds is 5. The van der Waals surface area contributed by atoms with E-state index < -0.39 is 0 Å². The van der Waals surface area contributed by atoms with Crippen LogP contribution in [0.15, 0.2) is 58.0 Å². The number of thiazole rings is 1. The number of nitrogens with zero attached hydrogens (tertiary/aromatic N) is 2. The minimum Gasteiger partial charge on any atom is -0.496 e. The number of aryl methyl sites for hydroxylation is 1. The fourth-order valence-corrected chi connectivity index (χ4v) is 4.63. The van der Waals surface area contributed by atoms with Crippen LogP contribution in [-0.2, 0) is 13.0 Å². The van der Waals surface area contributed by atoms with Crippen LogP contribution in [0.5, 0.6) is 5.75 Å². The Balaban J connectivity index is 2.10. The first kappa shape index (κ1) is 19.6. The van der Waals surface area contributed by atoms with Crippen LogP contribution in [0.4, 0.5) is 0 Å². The number of carbonyl (C=O) groups is 1. The van der Waals surface area contributed by atoms with Gasteiger partial charge >= 0.3 is 0 Å². The van der Waals surface area contributed by atoms with Crippen LogP contribution in [-0.4, -0.2) is 17.6 Å². The van der Waals surface area contributed by atoms with Crippen LogP contribution >= 0.6 is 27.3 Å². The molecule has 0 spiro atoms. The van der Waals surface area contributed by atoms with Gasteiger partial charge in [0, 0.05) is 17.0 Å². The van der Waals surface area contributed by atoms with E-state index in [-0.39, 0.29) is 5.91 Å². The third-order valence-corrected chi connectivity index (χ3v) is 6.10. The molecule has 0 saturated carbocycles. The Morgan fingerprint density at radius 3 is 2.52 bits per heavy atom. The normalized spacial score (nSPS) is 11.6. The number of aromatic nitrogens is 1. The summed E-state index contributed by atoms with van der Waals surface area (Å²) in [5.41, 5.74) is 2.82. The highest BCUT2D eigenvalue weighted by Crippen LogP contribution is 2.27. The number of amides is 1. The molecule has 2 aromatic carbocycles. The maximum absolute atomic E-state index is 12.7. The van der Waals surface area contributed by atoms with Gasteiger partial charge in [-0.1, -0.05) is 37.3 Å². The largest absolute Gasteiger partial charge is 0.496 e. The second-order valence-electron chi connectivity index (χ2n) is 5.89. The molecule has 0 unspecified atom stereocenters. The summed E-state index contributed by atoms with van der Waals surface area (Å²) in [5, 5.41) is 0. The number of carbonyl (C=O) groups excluding carboxylic acids is 1. The SMILES string of the molecule is CCc1sc(=NC(=O)c2ccc(OC)c(Br)c2)n(CC)c1-c1ccccc1. The summed E-state index contributed by atoms with van der Waals surface area (Å²) < 4.78 is 8.08. The van der Waals surface area contributed by atoms with Crippen molar-refractivity contribution in [3.63, 3.8) is 0 Å². The first-order chi connectivity index (χ1) is 13.1. The molecular weight excluding hydrogens is 424 g/mol. The van der Waals surface area contributed by atoms with Gasteiger partial charge in [-0.25, -0.2) is 0 Å². The van der Waals surface area contributed by atoms with Crippen molar-refractivity contribution in [3.8, 4) is 17.0 Å². The van der Waals surface area contributed by atoms with E-state index in [1.807, 2.05) is 18.2 Å². The minimum atomic E-state index is -0.260. The second kappa shape index (κ2) is 8.67. The summed E-state index contributed by atoms with van der Waals surface area (Å²) in [4.78, 5) is 19.1. The Hall–Kier alpha value is -2.18. The van der Waals surface area contributed by atoms with Crippen LogP contribution in [0.2, 0.25) is 0 Å². The fraction of sp³-hybridized carbons (Fsp3) is 0.238. The van der Waals surface area contributed by atoms with Gasteiger partial charge in [0.15, 0.2) is 4.80 Å². The van der Waals surface area contributed by atoms with Gasteiger partial charge in [-0.3, -0.25) is 4.79 Å². The molecule has 3 aromatic rings. The van der Waals surface area contributed by atoms with E-state index >= 15 is 0 Å². The van der Waals surface area contributed by atoms with Crippen LogP contribution in [0.25, 0.3) is 11.3 Å². The summed E-state index contributed by atoms with van der Waals surface area (Å²) in [7, 11) is 1.60. The summed E-state index contributed by atoms with van der Waals surface area (Å²) >= 11 is 5.00. The Morgan fingerprint density at radius 2 is 1.93 bits per heavy atom. The van der Waals surface area contributed by atoms with E-state index in [4.69, 9.17) is 4.74 Å². The monoisotopic (exact) mass is 444 g/mol. The van der Waals surface area contributed by atoms with Crippen molar-refractivity contribution in [1.29, 1.82) is 0 Å². The van der Waals surface area contributed by atoms with Crippen LogP contribution in [0, 0.1) is 0 Å². The van der Waals surface area contributed by atoms with Crippen molar-refractivity contribution in [2.45, 2.75) is 26.8 Å². The number of benzene rings is 2. The summed E-state index contributed by atoms with van der Waals surface area (Å²) in [5.74, 6) is 0.426. The molecule has 1 heterocycles. The van der Waals surface area contributed by atoms with E-state index in [9.17, 15) is 4.79 Å². The zero-order valence-electron chi connectivity index (χ0n) is 15.5. The smallest absolute Gasteiger partial charge is 0.279 e. The average molecular weight is 445 g/mol. The van der Waals surface area contributed by atoms with E-state index in [0.29, 0.717) is 11.3 Å². The molecule has 0 aliphatic carbocycles. The van der Waals surface area contributed by atoms with Gasteiger partial charge in [-0.2, -0.15) is 4.99 Å². The van der Waals surface area contributed by atoms with Gasteiger partial charge in [0.1, 0.15) is 5.75 Å². The topological polar surface area (TPSA) is 43.6 Å². The molecule has 3 rings (SSSR count). The van der Waals surface area contributed by atoms with E-state index in [1.54, 1.807) is 36.6 Å². The molecule has 0 radical (unpaired) electrons. The molecule has 0 aliphatic rings. The van der Waals surface area contributed by atoms with E-state index in [1.165, 1.54) is 4.88 Å². The quantitative estimate of drug-likeness (QED) is 0.534. The molecular formula is C21H21BrN2O2S. The maximum Gasteiger partial charge on any atom is 0.279 e. The number of ether oxygens (including phenoxy) is 1. The molecule has 27 heavy (non-hydrogen) atoms. The van der Waals surface area contributed by atoms with Gasteiger partial charge in [0.2, 0.25) is 0 Å². The maximum atomic E-state index is 12.7. The first-order valence-corrected chi connectivity index (χ1v) is 10.4. The predicted molar refractivity (Wildman–Crippen MR) is 113 cm³/mol. The van der Waals surface area contributed by atoms with Gasteiger partial charge < -0.3 is 9.30 Å². The molecule has 0 N–H and O–H groups in total. The molecule has 0 aliphatic heterocycles. The standard InChI is InChI=1S/C21H21BrN2O2S/c1-4-18-19(14-9-7-6-8-10-14)24(5-2)21(27-18)23-20(25)15-11-12-17(26-3)16(22)13-15/h6-13H,4-5H2,1-3H3. The minimum absolute atomic E-state index is 0.260. The van der Waals surface area contributed by atoms with E-state index in [0.717, 1.165) is 33.5 Å². The zero-order chi connectivity index (χ0) is 19.4. The Kier molecular flexibility index (Phi) is 6.29. The highest BCUT2D eigenvalue weighted by molar-refractivity contribution is 9.10. The highest BCUT2D eigenvalue weighted by atomic mass is 79.9. The average Bonchev–Trinajstić information content (AvgIpc) is 3.05. The lowest BCUT2D eigenvalue weighted by molar-refractivity contribution is 0.0997. The molecule has 6 heteroatoms. The number of hydrogen-bond acceptors (Lipinski definition) is 3. The van der Waals surface area contributed by atoms with Crippen molar-refractivity contribution in [2.75, 3.05) is 7.11 Å². The predicted octanol–water partition coefficient (Wildman–Crippen LogP) is 5.31. The van der Waals surface area contributed by atoms with Crippen LogP contribution in [0.3, 0.4) is 0 Å². The molecule has 1 amide bonds. The lowest BCUT2D eigenvalue weighted by Gasteiger charge is -2.08. The van der Waals surface area contributed by atoms with Gasteiger partial charge in [-0.05, 0) is 53.0 Å². The van der Waals surface area contributed by atoms with Gasteiger partial charge in [0.05, 0.1) is 17.3 Å². The highest BCUT2D eigenvalue weighted by Gasteiger charge is 2.15. The Morgan fingerprint density at radius 1 is 1.19 bits per heavy atom. The van der Waals surface area contributed by atoms with E-state index in [2.05, 4.69) is 51.5 Å². The summed E-state index contributed by atoms with van der Waals surface area (Å²) in [6, 6.07) is 15.5. The summed E-state index contributed by atoms with van der Waals surface area (Å²) in [6.45, 7) is 4.95. The fourth-order valence-electron chi connectivity index (χ4n) is 2.94. The lowest BCUT2D eigenvalue weighted by Crippen LogP contribution is -2.17. The second-order valence-corrected chi connectivity index (χ2v) is 7.80. The third-order valence-electron chi connectivity index (χ3n) is 4.26. The zero-order valence-corrected chi connectivity index (χ0v) is 17.9. The Bertz CT molecular complexity index is 1020. The number of methoxy groups -OCH3 is 1. The van der Waals surface area contributed by atoms with Crippen molar-refractivity contribution < 1.29 is 9.53 Å². The van der Waals surface area contributed by atoms with Crippen LogP contribution in [0.1, 0.15) is 29.1 Å². The lowest BCUT2D eigenvalue weighted by atomic mass is 10.1. The van der Waals surface area contributed by atoms with Gasteiger partial charge in [-0.15, -0.1) is 11.3 Å². The van der Waals surface area contributed by atoms with Crippen molar-refractivity contribution >= 4 is 33.2 Å². The van der Waals surface area contributed by atoms with Crippen molar-refractivity contribution in [3.05, 3.63) is 68.2 Å². The molecule has 0 saturated heterocycles. The first-order valence-electron chi connectivity index (χ1n) is 8.79. The summed E-state index contributed by atoms with van der Waals surface area (Å²) in [6.07, 6.45) is 0.896. The molecule has 4 nitrogen and oxygen atoms in total. The third kappa shape index (κ3) is 4.06. The Labute approximate surface area is 171 Å². The molecule has 0 bridgehead atoms. The molecule has 0 fully saturated rings. The van der Waals surface area contributed by atoms with Crippen LogP contribution < -0.4 is 9.54 Å². The van der Waals surface area contributed by atoms with Crippen molar-refractivity contribution in [1.82, 2.24) is 4.57 Å². The molecule has 1 aromatic heterocycles. The van der Waals surface area contributed by atoms with Gasteiger partial charge in [0.25, 0.3) is 5.91 Å². The number of hydrogen-bond donors (Lipinski definition) is 0. The van der Waals surface area contributed by atoms with Crippen molar-refractivity contribution in [2.24, 2.45) is 4.99 Å². The number of halogens is 1.